The number of amides is 1. The van der Waals surface area contributed by atoms with Crippen LogP contribution in [0.5, 0.6) is 0 Å². The zero-order valence-electron chi connectivity index (χ0n) is 14.1. The summed E-state index contributed by atoms with van der Waals surface area (Å²) in [7, 11) is 0. The van der Waals surface area contributed by atoms with Gasteiger partial charge < -0.3 is 10.6 Å². The zero-order chi connectivity index (χ0) is 18.5. The molecule has 2 N–H and O–H groups in total. The SMILES string of the molecule is Cc1cc(Cl)ccc1Nc1ccc(NC(=O)Cc2ccc(F)cc2)nc1. The lowest BCUT2D eigenvalue weighted by Gasteiger charge is -2.10. The molecule has 0 unspecified atom stereocenters. The van der Waals surface area contributed by atoms with Gasteiger partial charge >= 0.3 is 0 Å². The third-order valence-electron chi connectivity index (χ3n) is 3.78. The van der Waals surface area contributed by atoms with E-state index in [1.807, 2.05) is 31.2 Å². The average Bonchev–Trinajstić information content (AvgIpc) is 2.61. The number of rotatable bonds is 5. The number of carbonyl (C=O) groups is 1. The lowest BCUT2D eigenvalue weighted by atomic mass is 10.1. The van der Waals surface area contributed by atoms with Gasteiger partial charge in [0.15, 0.2) is 0 Å². The van der Waals surface area contributed by atoms with Gasteiger partial charge in [0.1, 0.15) is 11.6 Å². The smallest absolute Gasteiger partial charge is 0.229 e. The van der Waals surface area contributed by atoms with E-state index in [2.05, 4.69) is 15.6 Å². The number of nitrogens with zero attached hydrogens (tertiary/aromatic N) is 1. The molecule has 0 atom stereocenters. The number of anilines is 3. The van der Waals surface area contributed by atoms with Crippen LogP contribution in [-0.4, -0.2) is 10.9 Å². The molecule has 0 bridgehead atoms. The fourth-order valence-corrected chi connectivity index (χ4v) is 2.67. The summed E-state index contributed by atoms with van der Waals surface area (Å²) >= 11 is 5.96. The van der Waals surface area contributed by atoms with Crippen molar-refractivity contribution in [2.75, 3.05) is 10.6 Å². The van der Waals surface area contributed by atoms with Crippen LogP contribution in [0, 0.1) is 12.7 Å². The van der Waals surface area contributed by atoms with Crippen molar-refractivity contribution in [1.82, 2.24) is 4.98 Å². The highest BCUT2D eigenvalue weighted by Crippen LogP contribution is 2.23. The molecule has 0 aliphatic rings. The molecule has 26 heavy (non-hydrogen) atoms. The number of nitrogens with one attached hydrogen (secondary N) is 2. The third kappa shape index (κ3) is 4.80. The minimum absolute atomic E-state index is 0.159. The number of pyridine rings is 1. The highest BCUT2D eigenvalue weighted by molar-refractivity contribution is 6.30. The van der Waals surface area contributed by atoms with Crippen LogP contribution < -0.4 is 10.6 Å². The maximum absolute atomic E-state index is 12.9. The van der Waals surface area contributed by atoms with Crippen molar-refractivity contribution >= 4 is 34.7 Å². The molecule has 0 saturated carbocycles. The Labute approximate surface area is 156 Å². The Bertz CT molecular complexity index is 911. The monoisotopic (exact) mass is 369 g/mol. The van der Waals surface area contributed by atoms with E-state index < -0.39 is 0 Å². The Morgan fingerprint density at radius 2 is 1.88 bits per heavy atom. The first kappa shape index (κ1) is 17.9. The molecular formula is C20H17ClFN3O. The Kier molecular flexibility index (Phi) is 5.49. The van der Waals surface area contributed by atoms with Gasteiger partial charge in [-0.3, -0.25) is 4.79 Å². The summed E-state index contributed by atoms with van der Waals surface area (Å²) in [6, 6.07) is 15.0. The van der Waals surface area contributed by atoms with Crippen LogP contribution in [0.4, 0.5) is 21.6 Å². The van der Waals surface area contributed by atoms with Gasteiger partial charge in [-0.2, -0.15) is 0 Å². The van der Waals surface area contributed by atoms with E-state index in [1.165, 1.54) is 12.1 Å². The largest absolute Gasteiger partial charge is 0.354 e. The van der Waals surface area contributed by atoms with Crippen LogP contribution in [0.25, 0.3) is 0 Å². The molecule has 3 rings (SSSR count). The summed E-state index contributed by atoms with van der Waals surface area (Å²) in [6.07, 6.45) is 1.80. The number of hydrogen-bond donors (Lipinski definition) is 2. The topological polar surface area (TPSA) is 54.0 Å². The first-order valence-electron chi connectivity index (χ1n) is 8.03. The molecule has 0 aliphatic carbocycles. The second-order valence-electron chi connectivity index (χ2n) is 5.87. The Morgan fingerprint density at radius 1 is 1.12 bits per heavy atom. The molecule has 0 saturated heterocycles. The highest BCUT2D eigenvalue weighted by Gasteiger charge is 2.06. The predicted octanol–water partition coefficient (Wildman–Crippen LogP) is 5.11. The van der Waals surface area contributed by atoms with E-state index in [-0.39, 0.29) is 18.1 Å². The second-order valence-corrected chi connectivity index (χ2v) is 6.30. The zero-order valence-corrected chi connectivity index (χ0v) is 14.8. The van der Waals surface area contributed by atoms with Crippen molar-refractivity contribution in [2.45, 2.75) is 13.3 Å². The first-order valence-corrected chi connectivity index (χ1v) is 8.41. The molecule has 1 aromatic heterocycles. The maximum Gasteiger partial charge on any atom is 0.229 e. The highest BCUT2D eigenvalue weighted by atomic mass is 35.5. The van der Waals surface area contributed by atoms with Crippen molar-refractivity contribution in [2.24, 2.45) is 0 Å². The van der Waals surface area contributed by atoms with Gasteiger partial charge in [0.05, 0.1) is 18.3 Å². The van der Waals surface area contributed by atoms with E-state index >= 15 is 0 Å². The fourth-order valence-electron chi connectivity index (χ4n) is 2.44. The molecule has 0 spiro atoms. The van der Waals surface area contributed by atoms with Crippen LogP contribution in [0.3, 0.4) is 0 Å². The van der Waals surface area contributed by atoms with Gasteiger partial charge in [-0.25, -0.2) is 9.37 Å². The van der Waals surface area contributed by atoms with Crippen LogP contribution in [-0.2, 0) is 11.2 Å². The Balaban J connectivity index is 1.60. The first-order chi connectivity index (χ1) is 12.5. The molecule has 3 aromatic rings. The van der Waals surface area contributed by atoms with Crippen LogP contribution in [0.2, 0.25) is 5.02 Å². The van der Waals surface area contributed by atoms with E-state index in [0.29, 0.717) is 10.8 Å². The number of hydrogen-bond acceptors (Lipinski definition) is 3. The maximum atomic E-state index is 12.9. The van der Waals surface area contributed by atoms with Gasteiger partial charge in [0, 0.05) is 10.7 Å². The summed E-state index contributed by atoms with van der Waals surface area (Å²) in [5.74, 6) is -0.0799. The summed E-state index contributed by atoms with van der Waals surface area (Å²) in [6.45, 7) is 1.96. The lowest BCUT2D eigenvalue weighted by molar-refractivity contribution is -0.115. The standard InChI is InChI=1S/C20H17ClFN3O/c1-13-10-15(21)4-8-18(13)24-17-7-9-19(23-12-17)25-20(26)11-14-2-5-16(22)6-3-14/h2-10,12,24H,11H2,1H3,(H,23,25,26). The van der Waals surface area contributed by atoms with Gasteiger partial charge in [0.2, 0.25) is 5.91 Å². The summed E-state index contributed by atoms with van der Waals surface area (Å²) in [5.41, 5.74) is 3.49. The molecule has 6 heteroatoms. The molecule has 0 radical (unpaired) electrons. The summed E-state index contributed by atoms with van der Waals surface area (Å²) in [5, 5.41) is 6.67. The molecule has 0 aliphatic heterocycles. The lowest BCUT2D eigenvalue weighted by Crippen LogP contribution is -2.15. The van der Waals surface area contributed by atoms with E-state index in [1.54, 1.807) is 24.4 Å². The quantitative estimate of drug-likeness (QED) is 0.657. The van der Waals surface area contributed by atoms with Crippen LogP contribution >= 0.6 is 11.6 Å². The molecule has 4 nitrogen and oxygen atoms in total. The molecule has 2 aromatic carbocycles. The normalized spacial score (nSPS) is 10.4. The Morgan fingerprint density at radius 3 is 2.54 bits per heavy atom. The van der Waals surface area contributed by atoms with Crippen molar-refractivity contribution in [3.8, 4) is 0 Å². The van der Waals surface area contributed by atoms with Crippen molar-refractivity contribution in [3.63, 3.8) is 0 Å². The van der Waals surface area contributed by atoms with E-state index in [9.17, 15) is 9.18 Å². The minimum Gasteiger partial charge on any atom is -0.354 e. The average molecular weight is 370 g/mol. The van der Waals surface area contributed by atoms with Gasteiger partial charge in [-0.1, -0.05) is 23.7 Å². The molecular weight excluding hydrogens is 353 g/mol. The summed E-state index contributed by atoms with van der Waals surface area (Å²) < 4.78 is 12.9. The number of benzene rings is 2. The molecule has 132 valence electrons. The van der Waals surface area contributed by atoms with Crippen LogP contribution in [0.1, 0.15) is 11.1 Å². The number of aryl methyl sites for hydroxylation is 1. The van der Waals surface area contributed by atoms with Crippen LogP contribution in [0.15, 0.2) is 60.8 Å². The second kappa shape index (κ2) is 7.97. The van der Waals surface area contributed by atoms with Crippen molar-refractivity contribution in [1.29, 1.82) is 0 Å². The van der Waals surface area contributed by atoms with Gasteiger partial charge in [-0.15, -0.1) is 0 Å². The molecule has 0 fully saturated rings. The van der Waals surface area contributed by atoms with Crippen molar-refractivity contribution < 1.29 is 9.18 Å². The number of halogens is 2. The predicted molar refractivity (Wildman–Crippen MR) is 102 cm³/mol. The summed E-state index contributed by atoms with van der Waals surface area (Å²) in [4.78, 5) is 16.3. The molecule has 1 amide bonds. The van der Waals surface area contributed by atoms with Crippen molar-refractivity contribution in [3.05, 3.63) is 82.8 Å². The van der Waals surface area contributed by atoms with Gasteiger partial charge in [-0.05, 0) is 60.5 Å². The fraction of sp³-hybridized carbons (Fsp3) is 0.100. The Hall–Kier alpha value is -2.92. The third-order valence-corrected chi connectivity index (χ3v) is 4.01. The van der Waals surface area contributed by atoms with Gasteiger partial charge in [0.25, 0.3) is 0 Å². The van der Waals surface area contributed by atoms with E-state index in [0.717, 1.165) is 22.5 Å². The number of carbonyl (C=O) groups excluding carboxylic acids is 1. The van der Waals surface area contributed by atoms with E-state index in [4.69, 9.17) is 11.6 Å². The molecule has 1 heterocycles. The number of aromatic nitrogens is 1. The minimum atomic E-state index is -0.324.